The third-order valence-corrected chi connectivity index (χ3v) is 4.28. The van der Waals surface area contributed by atoms with Gasteiger partial charge in [-0.2, -0.15) is 5.10 Å². The van der Waals surface area contributed by atoms with Crippen LogP contribution in [0.25, 0.3) is 0 Å². The van der Waals surface area contributed by atoms with Crippen molar-refractivity contribution in [2.45, 2.75) is 20.4 Å². The summed E-state index contributed by atoms with van der Waals surface area (Å²) in [5.41, 5.74) is 0.654. The van der Waals surface area contributed by atoms with Crippen molar-refractivity contribution in [3.8, 4) is 0 Å². The molecule has 2 heterocycles. The second kappa shape index (κ2) is 8.17. The first-order valence-corrected chi connectivity index (χ1v) is 8.90. The van der Waals surface area contributed by atoms with E-state index in [1.807, 2.05) is 4.90 Å². The summed E-state index contributed by atoms with van der Waals surface area (Å²) in [5, 5.41) is 18.5. The molecule has 1 saturated heterocycles. The first-order chi connectivity index (χ1) is 13.0. The lowest BCUT2D eigenvalue weighted by Crippen LogP contribution is -2.36. The number of rotatable bonds is 6. The number of hydrogen-bond donors (Lipinski definition) is 1. The van der Waals surface area contributed by atoms with Crippen LogP contribution in [0.15, 0.2) is 30.5 Å². The Kier molecular flexibility index (Phi) is 5.70. The van der Waals surface area contributed by atoms with Gasteiger partial charge in [0, 0.05) is 37.3 Å². The molecule has 1 amide bonds. The van der Waals surface area contributed by atoms with Crippen molar-refractivity contribution in [1.82, 2.24) is 9.78 Å². The van der Waals surface area contributed by atoms with E-state index < -0.39 is 10.8 Å². The molecule has 0 unspecified atom stereocenters. The minimum Gasteiger partial charge on any atom is -0.378 e. The molecule has 0 saturated carbocycles. The monoisotopic (exact) mass is 373 g/mol. The number of hydrogen-bond acceptors (Lipinski definition) is 6. The van der Waals surface area contributed by atoms with Crippen LogP contribution in [0.1, 0.15) is 24.2 Å². The number of carbonyl (C=O) groups excluding carboxylic acids is 1. The first kappa shape index (κ1) is 18.8. The van der Waals surface area contributed by atoms with Gasteiger partial charge in [-0.25, -0.2) is 4.68 Å². The number of amides is 1. The number of nitro benzene ring substituents is 1. The van der Waals surface area contributed by atoms with Crippen LogP contribution in [0, 0.1) is 16.0 Å². The summed E-state index contributed by atoms with van der Waals surface area (Å²) in [6.07, 6.45) is 1.61. The smallest absolute Gasteiger partial charge is 0.293 e. The molecule has 0 radical (unpaired) electrons. The standard InChI is InChI=1S/C18H23N5O4/c1-13(2)12-22-17(5-6-19-22)20-18(24)14-3-4-15(16(11-14)23(25)26)21-7-9-27-10-8-21/h3-6,11,13H,7-10,12H2,1-2H3,(H,20,24). The highest BCUT2D eigenvalue weighted by Crippen LogP contribution is 2.30. The Balaban J connectivity index is 1.82. The normalized spacial score (nSPS) is 14.4. The van der Waals surface area contributed by atoms with E-state index in [1.54, 1.807) is 29.1 Å². The zero-order chi connectivity index (χ0) is 19.4. The summed E-state index contributed by atoms with van der Waals surface area (Å²) in [7, 11) is 0. The number of nitrogens with zero attached hydrogens (tertiary/aromatic N) is 4. The van der Waals surface area contributed by atoms with Gasteiger partial charge in [0.15, 0.2) is 0 Å². The van der Waals surface area contributed by atoms with Crippen molar-refractivity contribution in [2.24, 2.45) is 5.92 Å². The summed E-state index contributed by atoms with van der Waals surface area (Å²) in [6.45, 7) is 7.00. The number of benzene rings is 1. The van der Waals surface area contributed by atoms with Crippen LogP contribution in [-0.2, 0) is 11.3 Å². The first-order valence-electron chi connectivity index (χ1n) is 8.90. The highest BCUT2D eigenvalue weighted by molar-refractivity contribution is 6.04. The Bertz CT molecular complexity index is 827. The molecule has 1 N–H and O–H groups in total. The predicted molar refractivity (Wildman–Crippen MR) is 101 cm³/mol. The van der Waals surface area contributed by atoms with Gasteiger partial charge >= 0.3 is 0 Å². The Morgan fingerprint density at radius 2 is 2.07 bits per heavy atom. The van der Waals surface area contributed by atoms with Crippen LogP contribution < -0.4 is 10.2 Å². The molecule has 9 heteroatoms. The van der Waals surface area contributed by atoms with Crippen molar-refractivity contribution in [3.63, 3.8) is 0 Å². The van der Waals surface area contributed by atoms with Crippen LogP contribution in [0.4, 0.5) is 17.2 Å². The van der Waals surface area contributed by atoms with E-state index in [0.717, 1.165) is 0 Å². The number of nitrogens with one attached hydrogen (secondary N) is 1. The average Bonchev–Trinajstić information content (AvgIpc) is 3.07. The lowest BCUT2D eigenvalue weighted by molar-refractivity contribution is -0.384. The van der Waals surface area contributed by atoms with E-state index in [0.29, 0.717) is 50.3 Å². The molecular weight excluding hydrogens is 350 g/mol. The summed E-state index contributed by atoms with van der Waals surface area (Å²) in [4.78, 5) is 25.6. The quantitative estimate of drug-likeness (QED) is 0.617. The average molecular weight is 373 g/mol. The van der Waals surface area contributed by atoms with E-state index >= 15 is 0 Å². The van der Waals surface area contributed by atoms with Crippen molar-refractivity contribution < 1.29 is 14.5 Å². The molecule has 3 rings (SSSR count). The molecule has 0 aliphatic carbocycles. The summed E-state index contributed by atoms with van der Waals surface area (Å²) >= 11 is 0. The van der Waals surface area contributed by atoms with Gasteiger partial charge in [-0.1, -0.05) is 13.8 Å². The highest BCUT2D eigenvalue weighted by Gasteiger charge is 2.23. The van der Waals surface area contributed by atoms with Gasteiger partial charge < -0.3 is 15.0 Å². The predicted octanol–water partition coefficient (Wildman–Crippen LogP) is 2.54. The maximum absolute atomic E-state index is 12.6. The number of nitro groups is 1. The SMILES string of the molecule is CC(C)Cn1nccc1NC(=O)c1ccc(N2CCOCC2)c([N+](=O)[O-])c1. The fourth-order valence-corrected chi connectivity index (χ4v) is 3.00. The largest absolute Gasteiger partial charge is 0.378 e. The number of anilines is 2. The van der Waals surface area contributed by atoms with Crippen LogP contribution >= 0.6 is 0 Å². The van der Waals surface area contributed by atoms with E-state index in [-0.39, 0.29) is 11.3 Å². The van der Waals surface area contributed by atoms with Crippen LogP contribution in [-0.4, -0.2) is 46.9 Å². The van der Waals surface area contributed by atoms with Crippen molar-refractivity contribution in [3.05, 3.63) is 46.1 Å². The maximum atomic E-state index is 12.6. The summed E-state index contributed by atoms with van der Waals surface area (Å²) < 4.78 is 7.00. The van der Waals surface area contributed by atoms with Gasteiger partial charge in [0.2, 0.25) is 0 Å². The molecular formula is C18H23N5O4. The van der Waals surface area contributed by atoms with Gasteiger partial charge in [-0.3, -0.25) is 14.9 Å². The molecule has 1 aromatic heterocycles. The summed E-state index contributed by atoms with van der Waals surface area (Å²) in [5.74, 6) is 0.528. The van der Waals surface area contributed by atoms with Gasteiger partial charge in [0.1, 0.15) is 11.5 Å². The second-order valence-corrected chi connectivity index (χ2v) is 6.81. The molecule has 0 bridgehead atoms. The van der Waals surface area contributed by atoms with Crippen molar-refractivity contribution in [2.75, 3.05) is 36.5 Å². The van der Waals surface area contributed by atoms with E-state index in [4.69, 9.17) is 4.74 Å². The molecule has 27 heavy (non-hydrogen) atoms. The van der Waals surface area contributed by atoms with Crippen LogP contribution in [0.5, 0.6) is 0 Å². The summed E-state index contributed by atoms with van der Waals surface area (Å²) in [6, 6.07) is 6.26. The van der Waals surface area contributed by atoms with Gasteiger partial charge in [0.05, 0.1) is 24.3 Å². The number of aromatic nitrogens is 2. The van der Waals surface area contributed by atoms with E-state index in [2.05, 4.69) is 24.3 Å². The fraction of sp³-hybridized carbons (Fsp3) is 0.444. The minimum absolute atomic E-state index is 0.0831. The topological polar surface area (TPSA) is 103 Å². The maximum Gasteiger partial charge on any atom is 0.293 e. The molecule has 0 atom stereocenters. The van der Waals surface area contributed by atoms with Crippen LogP contribution in [0.2, 0.25) is 0 Å². The molecule has 2 aromatic rings. The highest BCUT2D eigenvalue weighted by atomic mass is 16.6. The number of ether oxygens (including phenoxy) is 1. The zero-order valence-corrected chi connectivity index (χ0v) is 15.4. The third-order valence-electron chi connectivity index (χ3n) is 4.28. The lowest BCUT2D eigenvalue weighted by atomic mass is 10.1. The third kappa shape index (κ3) is 4.43. The van der Waals surface area contributed by atoms with Crippen LogP contribution in [0.3, 0.4) is 0 Å². The van der Waals surface area contributed by atoms with Crippen molar-refractivity contribution in [1.29, 1.82) is 0 Å². The van der Waals surface area contributed by atoms with Gasteiger partial charge in [0.25, 0.3) is 11.6 Å². The molecule has 1 aromatic carbocycles. The Morgan fingerprint density at radius 3 is 2.74 bits per heavy atom. The molecule has 1 aliphatic heterocycles. The van der Waals surface area contributed by atoms with Gasteiger partial charge in [-0.05, 0) is 18.1 Å². The second-order valence-electron chi connectivity index (χ2n) is 6.81. The minimum atomic E-state index is -0.454. The zero-order valence-electron chi connectivity index (χ0n) is 15.4. The fourth-order valence-electron chi connectivity index (χ4n) is 3.00. The lowest BCUT2D eigenvalue weighted by Gasteiger charge is -2.28. The molecule has 9 nitrogen and oxygen atoms in total. The number of morpholine rings is 1. The Labute approximate surface area is 157 Å². The molecule has 1 aliphatic rings. The molecule has 1 fully saturated rings. The number of carbonyl (C=O) groups is 1. The Morgan fingerprint density at radius 1 is 1.33 bits per heavy atom. The Hall–Kier alpha value is -2.94. The molecule has 144 valence electrons. The van der Waals surface area contributed by atoms with E-state index in [1.165, 1.54) is 6.07 Å². The van der Waals surface area contributed by atoms with Crippen molar-refractivity contribution >= 4 is 23.1 Å². The van der Waals surface area contributed by atoms with E-state index in [9.17, 15) is 14.9 Å². The van der Waals surface area contributed by atoms with Gasteiger partial charge in [-0.15, -0.1) is 0 Å². The molecule has 0 spiro atoms.